The topological polar surface area (TPSA) is 58.6 Å². The van der Waals surface area contributed by atoms with Gasteiger partial charge >= 0.3 is 5.91 Å². The van der Waals surface area contributed by atoms with E-state index in [0.29, 0.717) is 6.54 Å². The molecular weight excluding hydrogens is 208 g/mol. The van der Waals surface area contributed by atoms with Gasteiger partial charge in [0.05, 0.1) is 6.54 Å². The summed E-state index contributed by atoms with van der Waals surface area (Å²) in [6, 6.07) is 9.43. The first-order valence-corrected chi connectivity index (χ1v) is 4.91. The second-order valence-electron chi connectivity index (χ2n) is 3.49. The van der Waals surface area contributed by atoms with Crippen LogP contribution in [-0.4, -0.2) is 30.0 Å². The fraction of sp³-hybridized carbons (Fsp3) is 0.273. The Morgan fingerprint density at radius 3 is 2.56 bits per heavy atom. The molecule has 1 aromatic carbocycles. The van der Waals surface area contributed by atoms with E-state index < -0.39 is 17.9 Å². The molecule has 1 aliphatic rings. The Bertz CT molecular complexity index is 405. The summed E-state index contributed by atoms with van der Waals surface area (Å²) in [5.41, 5.74) is 3.65. The molecule has 0 spiro atoms. The number of hydrogen-bond donors (Lipinski definition) is 1. The predicted octanol–water partition coefficient (Wildman–Crippen LogP) is 0.0750. The van der Waals surface area contributed by atoms with Crippen molar-refractivity contribution < 1.29 is 14.3 Å². The molecule has 1 heterocycles. The smallest absolute Gasteiger partial charge is 0.308 e. The third-order valence-corrected chi connectivity index (χ3v) is 2.39. The Morgan fingerprint density at radius 1 is 1.31 bits per heavy atom. The van der Waals surface area contributed by atoms with E-state index in [1.54, 1.807) is 0 Å². The zero-order chi connectivity index (χ0) is 11.5. The molecule has 0 aliphatic carbocycles. The van der Waals surface area contributed by atoms with Crippen LogP contribution in [-0.2, 0) is 20.9 Å². The van der Waals surface area contributed by atoms with Gasteiger partial charge in [0.25, 0.3) is 5.78 Å². The monoisotopic (exact) mass is 220 g/mol. The van der Waals surface area contributed by atoms with Gasteiger partial charge in [-0.05, 0) is 5.56 Å². The number of rotatable bonds is 3. The highest BCUT2D eigenvalue weighted by Crippen LogP contribution is 2.09. The highest BCUT2D eigenvalue weighted by molar-refractivity contribution is 6.39. The molecular formula is C11H12N2O3. The van der Waals surface area contributed by atoms with Gasteiger partial charge in [0, 0.05) is 7.11 Å². The second-order valence-corrected chi connectivity index (χ2v) is 3.49. The van der Waals surface area contributed by atoms with Gasteiger partial charge in [0.2, 0.25) is 0 Å². The predicted molar refractivity (Wildman–Crippen MR) is 55.9 cm³/mol. The molecule has 5 heteroatoms. The van der Waals surface area contributed by atoms with E-state index in [-0.39, 0.29) is 0 Å². The lowest BCUT2D eigenvalue weighted by Gasteiger charge is -2.15. The molecule has 2 rings (SSSR count). The van der Waals surface area contributed by atoms with Gasteiger partial charge in [0.15, 0.2) is 6.23 Å². The Labute approximate surface area is 93.0 Å². The third-order valence-electron chi connectivity index (χ3n) is 2.39. The number of ether oxygens (including phenoxy) is 1. The molecule has 1 aromatic rings. The molecule has 84 valence electrons. The second kappa shape index (κ2) is 4.42. The minimum atomic E-state index is -0.851. The van der Waals surface area contributed by atoms with E-state index in [2.05, 4.69) is 5.43 Å². The van der Waals surface area contributed by atoms with Crippen molar-refractivity contribution in [3.05, 3.63) is 35.9 Å². The van der Waals surface area contributed by atoms with E-state index in [1.165, 1.54) is 12.1 Å². The Morgan fingerprint density at radius 2 is 2.00 bits per heavy atom. The molecule has 1 N–H and O–H groups in total. The molecule has 1 amide bonds. The zero-order valence-corrected chi connectivity index (χ0v) is 8.84. The number of nitrogens with zero attached hydrogens (tertiary/aromatic N) is 1. The van der Waals surface area contributed by atoms with Gasteiger partial charge < -0.3 is 4.74 Å². The molecule has 0 saturated carbocycles. The van der Waals surface area contributed by atoms with Crippen molar-refractivity contribution in [3.8, 4) is 0 Å². The van der Waals surface area contributed by atoms with Gasteiger partial charge in [0.1, 0.15) is 0 Å². The van der Waals surface area contributed by atoms with Gasteiger partial charge in [-0.3, -0.25) is 14.6 Å². The maximum atomic E-state index is 11.5. The highest BCUT2D eigenvalue weighted by atomic mass is 16.5. The lowest BCUT2D eigenvalue weighted by molar-refractivity contribution is -0.142. The van der Waals surface area contributed by atoms with Crippen LogP contribution in [0.5, 0.6) is 0 Å². The van der Waals surface area contributed by atoms with Crippen LogP contribution in [0.15, 0.2) is 30.3 Å². The minimum absolute atomic E-state index is 0.352. The van der Waals surface area contributed by atoms with Crippen LogP contribution < -0.4 is 5.43 Å². The molecule has 1 unspecified atom stereocenters. The van der Waals surface area contributed by atoms with Crippen LogP contribution in [0.1, 0.15) is 5.56 Å². The van der Waals surface area contributed by atoms with Crippen LogP contribution in [0.4, 0.5) is 0 Å². The maximum absolute atomic E-state index is 11.5. The van der Waals surface area contributed by atoms with Crippen LogP contribution in [0.3, 0.4) is 0 Å². The van der Waals surface area contributed by atoms with Crippen molar-refractivity contribution in [3.63, 3.8) is 0 Å². The Balaban J connectivity index is 2.07. The number of ketones is 1. The van der Waals surface area contributed by atoms with Gasteiger partial charge in [-0.2, -0.15) is 5.43 Å². The number of carbonyl (C=O) groups excluding carboxylic acids is 2. The SMILES string of the molecule is COC1NN(Cc2ccccc2)C(=O)C1=O. The lowest BCUT2D eigenvalue weighted by atomic mass is 10.2. The van der Waals surface area contributed by atoms with E-state index in [9.17, 15) is 9.59 Å². The largest absolute Gasteiger partial charge is 0.357 e. The van der Waals surface area contributed by atoms with Crippen molar-refractivity contribution in [1.29, 1.82) is 0 Å². The van der Waals surface area contributed by atoms with Crippen molar-refractivity contribution in [2.24, 2.45) is 0 Å². The molecule has 0 bridgehead atoms. The summed E-state index contributed by atoms with van der Waals surface area (Å²) in [5.74, 6) is -1.12. The molecule has 1 atom stereocenters. The fourth-order valence-electron chi connectivity index (χ4n) is 1.55. The Kier molecular flexibility index (Phi) is 2.98. The van der Waals surface area contributed by atoms with E-state index in [0.717, 1.165) is 5.56 Å². The van der Waals surface area contributed by atoms with Crippen LogP contribution in [0, 0.1) is 0 Å². The van der Waals surface area contributed by atoms with E-state index in [1.807, 2.05) is 30.3 Å². The average molecular weight is 220 g/mol. The number of benzene rings is 1. The van der Waals surface area contributed by atoms with Crippen molar-refractivity contribution in [2.45, 2.75) is 12.8 Å². The number of hydrazine groups is 1. The quantitative estimate of drug-likeness (QED) is 0.733. The zero-order valence-electron chi connectivity index (χ0n) is 8.84. The van der Waals surface area contributed by atoms with Gasteiger partial charge in [-0.15, -0.1) is 0 Å². The highest BCUT2D eigenvalue weighted by Gasteiger charge is 2.38. The first-order chi connectivity index (χ1) is 7.72. The minimum Gasteiger partial charge on any atom is -0.357 e. The number of methoxy groups -OCH3 is 1. The first-order valence-electron chi connectivity index (χ1n) is 4.91. The summed E-state index contributed by atoms with van der Waals surface area (Å²) < 4.78 is 4.84. The lowest BCUT2D eigenvalue weighted by Crippen LogP contribution is -2.37. The number of amides is 1. The molecule has 1 fully saturated rings. The van der Waals surface area contributed by atoms with E-state index >= 15 is 0 Å². The molecule has 5 nitrogen and oxygen atoms in total. The van der Waals surface area contributed by atoms with Gasteiger partial charge in [-0.25, -0.2) is 0 Å². The molecule has 16 heavy (non-hydrogen) atoms. The summed E-state index contributed by atoms with van der Waals surface area (Å²) in [4.78, 5) is 22.9. The van der Waals surface area contributed by atoms with E-state index in [4.69, 9.17) is 4.74 Å². The third kappa shape index (κ3) is 1.95. The van der Waals surface area contributed by atoms with Gasteiger partial charge in [-0.1, -0.05) is 30.3 Å². The molecule has 1 saturated heterocycles. The summed E-state index contributed by atoms with van der Waals surface area (Å²) >= 11 is 0. The summed E-state index contributed by atoms with van der Waals surface area (Å²) in [6.45, 7) is 0.352. The van der Waals surface area contributed by atoms with Crippen molar-refractivity contribution >= 4 is 11.7 Å². The molecule has 1 aliphatic heterocycles. The fourth-order valence-corrected chi connectivity index (χ4v) is 1.55. The molecule has 0 aromatic heterocycles. The first kappa shape index (κ1) is 10.8. The maximum Gasteiger partial charge on any atom is 0.308 e. The number of hydrogen-bond acceptors (Lipinski definition) is 4. The van der Waals surface area contributed by atoms with Crippen LogP contribution in [0.2, 0.25) is 0 Å². The standard InChI is InChI=1S/C11H12N2O3/c1-16-10-9(14)11(15)13(12-10)7-8-5-3-2-4-6-8/h2-6,10,12H,7H2,1H3. The van der Waals surface area contributed by atoms with Crippen molar-refractivity contribution in [2.75, 3.05) is 7.11 Å². The van der Waals surface area contributed by atoms with Crippen molar-refractivity contribution in [1.82, 2.24) is 10.4 Å². The van der Waals surface area contributed by atoms with Crippen LogP contribution in [0.25, 0.3) is 0 Å². The van der Waals surface area contributed by atoms with Crippen LogP contribution >= 0.6 is 0 Å². The summed E-state index contributed by atoms with van der Waals surface area (Å²) in [5, 5.41) is 1.27. The summed E-state index contributed by atoms with van der Waals surface area (Å²) in [7, 11) is 1.38. The molecule has 0 radical (unpaired) electrons. The Hall–Kier alpha value is -1.72. The summed E-state index contributed by atoms with van der Waals surface area (Å²) in [6.07, 6.45) is -0.851. The number of Topliss-reactive ketones (excluding diaryl/α,β-unsaturated/α-hetero) is 1. The normalized spacial score (nSPS) is 20.6. The average Bonchev–Trinajstić information content (AvgIpc) is 2.58. The number of nitrogens with one attached hydrogen (secondary N) is 1. The number of carbonyl (C=O) groups is 2.